The zero-order chi connectivity index (χ0) is 11.8. The highest BCUT2D eigenvalue weighted by molar-refractivity contribution is 5.56. The van der Waals surface area contributed by atoms with Crippen molar-refractivity contribution in [2.75, 3.05) is 12.3 Å². The first-order chi connectivity index (χ1) is 7.50. The van der Waals surface area contributed by atoms with Crippen LogP contribution in [-0.2, 0) is 6.18 Å². The molecule has 1 aromatic rings. The number of hydrogen-bond donors (Lipinski definition) is 2. The van der Waals surface area contributed by atoms with Crippen LogP contribution in [0.25, 0.3) is 0 Å². The van der Waals surface area contributed by atoms with Gasteiger partial charge in [0.2, 0.25) is 0 Å². The van der Waals surface area contributed by atoms with E-state index in [9.17, 15) is 13.2 Å². The summed E-state index contributed by atoms with van der Waals surface area (Å²) >= 11 is 0. The molecule has 16 heavy (non-hydrogen) atoms. The molecule has 0 saturated carbocycles. The van der Waals surface area contributed by atoms with E-state index in [2.05, 4.69) is 5.32 Å². The lowest BCUT2D eigenvalue weighted by atomic mass is 9.99. The monoisotopic (exact) mass is 230 g/mol. The molecule has 0 radical (unpaired) electrons. The zero-order valence-electron chi connectivity index (χ0n) is 8.64. The molecule has 0 aliphatic carbocycles. The molecule has 1 atom stereocenters. The van der Waals surface area contributed by atoms with Crippen molar-refractivity contribution < 1.29 is 13.2 Å². The van der Waals surface area contributed by atoms with E-state index in [1.54, 1.807) is 6.07 Å². The van der Waals surface area contributed by atoms with Gasteiger partial charge in [0.25, 0.3) is 0 Å². The fourth-order valence-electron chi connectivity index (χ4n) is 2.08. The van der Waals surface area contributed by atoms with Gasteiger partial charge in [0.15, 0.2) is 0 Å². The Bertz CT molecular complexity index is 381. The van der Waals surface area contributed by atoms with E-state index >= 15 is 0 Å². The Kier molecular flexibility index (Phi) is 2.80. The third-order valence-electron chi connectivity index (χ3n) is 2.88. The van der Waals surface area contributed by atoms with E-state index in [0.717, 1.165) is 25.5 Å². The van der Waals surface area contributed by atoms with Gasteiger partial charge in [0.1, 0.15) is 0 Å². The molecule has 0 spiro atoms. The van der Waals surface area contributed by atoms with E-state index in [4.69, 9.17) is 5.73 Å². The van der Waals surface area contributed by atoms with Crippen molar-refractivity contribution in [3.05, 3.63) is 29.3 Å². The van der Waals surface area contributed by atoms with Gasteiger partial charge in [-0.2, -0.15) is 13.2 Å². The molecule has 1 fully saturated rings. The number of halogens is 3. The van der Waals surface area contributed by atoms with E-state index in [0.29, 0.717) is 5.56 Å². The molecule has 2 nitrogen and oxygen atoms in total. The van der Waals surface area contributed by atoms with Gasteiger partial charge in [0, 0.05) is 11.7 Å². The van der Waals surface area contributed by atoms with Crippen LogP contribution in [0.1, 0.15) is 30.0 Å². The van der Waals surface area contributed by atoms with Gasteiger partial charge in [-0.15, -0.1) is 0 Å². The maximum atomic E-state index is 12.6. The van der Waals surface area contributed by atoms with Crippen molar-refractivity contribution in [3.63, 3.8) is 0 Å². The largest absolute Gasteiger partial charge is 0.418 e. The summed E-state index contributed by atoms with van der Waals surface area (Å²) < 4.78 is 37.8. The van der Waals surface area contributed by atoms with Crippen molar-refractivity contribution in [3.8, 4) is 0 Å². The number of benzene rings is 1. The summed E-state index contributed by atoms with van der Waals surface area (Å²) in [5.74, 6) is 0. The van der Waals surface area contributed by atoms with Gasteiger partial charge in [-0.25, -0.2) is 0 Å². The van der Waals surface area contributed by atoms with Crippen molar-refractivity contribution >= 4 is 5.69 Å². The van der Waals surface area contributed by atoms with E-state index in [1.165, 1.54) is 6.07 Å². The van der Waals surface area contributed by atoms with E-state index in [-0.39, 0.29) is 11.7 Å². The van der Waals surface area contributed by atoms with Crippen molar-refractivity contribution in [1.82, 2.24) is 5.32 Å². The fourth-order valence-corrected chi connectivity index (χ4v) is 2.08. The highest BCUT2D eigenvalue weighted by Crippen LogP contribution is 2.38. The second kappa shape index (κ2) is 3.97. The molecule has 2 rings (SSSR count). The molecule has 1 saturated heterocycles. The van der Waals surface area contributed by atoms with Gasteiger partial charge in [0.05, 0.1) is 5.56 Å². The lowest BCUT2D eigenvalue weighted by molar-refractivity contribution is -0.136. The van der Waals surface area contributed by atoms with Crippen molar-refractivity contribution in [2.24, 2.45) is 0 Å². The second-order valence-corrected chi connectivity index (χ2v) is 3.96. The summed E-state index contributed by atoms with van der Waals surface area (Å²) in [6, 6.07) is 4.05. The predicted octanol–water partition coefficient (Wildman–Crippen LogP) is 2.71. The Morgan fingerprint density at radius 3 is 2.62 bits per heavy atom. The highest BCUT2D eigenvalue weighted by Gasteiger charge is 2.34. The number of anilines is 1. The maximum Gasteiger partial charge on any atom is 0.418 e. The predicted molar refractivity (Wildman–Crippen MR) is 55.8 cm³/mol. The molecular formula is C11H13F3N2. The SMILES string of the molecule is Nc1c([C@H]2CCCN2)cccc1C(F)(F)F. The molecule has 0 unspecified atom stereocenters. The number of nitrogens with one attached hydrogen (secondary N) is 1. The highest BCUT2D eigenvalue weighted by atomic mass is 19.4. The van der Waals surface area contributed by atoms with Crippen LogP contribution in [0.15, 0.2) is 18.2 Å². The molecular weight excluding hydrogens is 217 g/mol. The minimum absolute atomic E-state index is 0.0395. The average molecular weight is 230 g/mol. The molecule has 1 aromatic carbocycles. The average Bonchev–Trinajstić information content (AvgIpc) is 2.69. The lowest BCUT2D eigenvalue weighted by Gasteiger charge is -2.17. The molecule has 3 N–H and O–H groups in total. The molecule has 1 heterocycles. The maximum absolute atomic E-state index is 12.6. The molecule has 0 bridgehead atoms. The van der Waals surface area contributed by atoms with Crippen LogP contribution >= 0.6 is 0 Å². The molecule has 5 heteroatoms. The third-order valence-corrected chi connectivity index (χ3v) is 2.88. The van der Waals surface area contributed by atoms with Gasteiger partial charge < -0.3 is 11.1 Å². The first kappa shape index (κ1) is 11.3. The number of nitrogens with two attached hydrogens (primary N) is 1. The summed E-state index contributed by atoms with van der Waals surface area (Å²) in [5.41, 5.74) is 5.27. The number of alkyl halides is 3. The number of rotatable bonds is 1. The smallest absolute Gasteiger partial charge is 0.398 e. The normalized spacial score (nSPS) is 21.3. The number of hydrogen-bond acceptors (Lipinski definition) is 2. The summed E-state index contributed by atoms with van der Waals surface area (Å²) in [7, 11) is 0. The Balaban J connectivity index is 2.40. The van der Waals surface area contributed by atoms with Crippen LogP contribution in [0.5, 0.6) is 0 Å². The van der Waals surface area contributed by atoms with Gasteiger partial charge in [-0.1, -0.05) is 12.1 Å². The van der Waals surface area contributed by atoms with Crippen LogP contribution in [0, 0.1) is 0 Å². The first-order valence-electron chi connectivity index (χ1n) is 5.19. The topological polar surface area (TPSA) is 38.0 Å². The zero-order valence-corrected chi connectivity index (χ0v) is 8.64. The molecule has 1 aliphatic heterocycles. The lowest BCUT2D eigenvalue weighted by Crippen LogP contribution is -2.17. The fraction of sp³-hybridized carbons (Fsp3) is 0.455. The Hall–Kier alpha value is -1.23. The van der Waals surface area contributed by atoms with E-state index < -0.39 is 11.7 Å². The van der Waals surface area contributed by atoms with Gasteiger partial charge in [-0.3, -0.25) is 0 Å². The quantitative estimate of drug-likeness (QED) is 0.728. The van der Waals surface area contributed by atoms with Crippen LogP contribution in [0.3, 0.4) is 0 Å². The minimum atomic E-state index is -4.38. The van der Waals surface area contributed by atoms with Gasteiger partial charge in [-0.05, 0) is 31.0 Å². The number of nitrogen functional groups attached to an aromatic ring is 1. The second-order valence-electron chi connectivity index (χ2n) is 3.96. The van der Waals surface area contributed by atoms with Crippen molar-refractivity contribution in [2.45, 2.75) is 25.1 Å². The molecule has 1 aliphatic rings. The van der Waals surface area contributed by atoms with E-state index in [1.807, 2.05) is 0 Å². The van der Waals surface area contributed by atoms with Crippen LogP contribution in [0.4, 0.5) is 18.9 Å². The number of para-hydroxylation sites is 1. The molecule has 0 amide bonds. The summed E-state index contributed by atoms with van der Waals surface area (Å²) in [6.45, 7) is 0.834. The standard InChI is InChI=1S/C11H13F3N2/c12-11(13,14)8-4-1-3-7(10(8)15)9-5-2-6-16-9/h1,3-4,9,16H,2,5-6,15H2/t9-/m1/s1. The Morgan fingerprint density at radius 1 is 1.31 bits per heavy atom. The van der Waals surface area contributed by atoms with Crippen LogP contribution < -0.4 is 11.1 Å². The van der Waals surface area contributed by atoms with Crippen LogP contribution in [-0.4, -0.2) is 6.54 Å². The summed E-state index contributed by atoms with van der Waals surface area (Å²) in [6.07, 6.45) is -2.56. The van der Waals surface area contributed by atoms with Gasteiger partial charge >= 0.3 is 6.18 Å². The summed E-state index contributed by atoms with van der Waals surface area (Å²) in [4.78, 5) is 0. The minimum Gasteiger partial charge on any atom is -0.398 e. The molecule has 88 valence electrons. The first-order valence-corrected chi connectivity index (χ1v) is 5.19. The van der Waals surface area contributed by atoms with Crippen molar-refractivity contribution in [1.29, 1.82) is 0 Å². The summed E-state index contributed by atoms with van der Waals surface area (Å²) in [5, 5.41) is 3.15. The Morgan fingerprint density at radius 2 is 2.06 bits per heavy atom. The Labute approximate surface area is 91.6 Å². The molecule has 0 aromatic heterocycles. The third kappa shape index (κ3) is 2.00. The van der Waals surface area contributed by atoms with Crippen LogP contribution in [0.2, 0.25) is 0 Å².